The number of halogens is 1. The smallest absolute Gasteiger partial charge is 0.297 e. The number of rotatable bonds is 13. The SMILES string of the molecule is COC[C@H](COS(=O)(=O)c1ccc(C)cc1)O[C@@H](CCc1ccc(Cl)cc1)Cn1ccnc1. The van der Waals surface area contributed by atoms with E-state index in [0.29, 0.717) is 18.0 Å². The molecule has 9 heteroatoms. The van der Waals surface area contributed by atoms with Crippen LogP contribution in [0.2, 0.25) is 5.02 Å². The summed E-state index contributed by atoms with van der Waals surface area (Å²) in [5, 5.41) is 0.692. The number of hydrogen-bond acceptors (Lipinski definition) is 6. The van der Waals surface area contributed by atoms with Crippen LogP contribution >= 0.6 is 11.6 Å². The summed E-state index contributed by atoms with van der Waals surface area (Å²) in [5.41, 5.74) is 2.11. The van der Waals surface area contributed by atoms with Crippen molar-refractivity contribution < 1.29 is 22.1 Å². The number of nitrogens with zero attached hydrogens (tertiary/aromatic N) is 2. The largest absolute Gasteiger partial charge is 0.382 e. The van der Waals surface area contributed by atoms with Crippen LogP contribution in [0.15, 0.2) is 72.1 Å². The van der Waals surface area contributed by atoms with E-state index >= 15 is 0 Å². The average Bonchev–Trinajstić information content (AvgIpc) is 3.30. The molecule has 0 fully saturated rings. The minimum Gasteiger partial charge on any atom is -0.382 e. The van der Waals surface area contributed by atoms with E-state index in [1.807, 2.05) is 42.0 Å². The first kappa shape index (κ1) is 25.4. The highest BCUT2D eigenvalue weighted by Gasteiger charge is 2.22. The van der Waals surface area contributed by atoms with Crippen molar-refractivity contribution >= 4 is 21.7 Å². The second-order valence-corrected chi connectivity index (χ2v) is 9.86. The van der Waals surface area contributed by atoms with E-state index in [9.17, 15) is 8.42 Å². The summed E-state index contributed by atoms with van der Waals surface area (Å²) in [7, 11) is -2.35. The van der Waals surface area contributed by atoms with Gasteiger partial charge in [0.05, 0.1) is 30.5 Å². The number of aryl methyl sites for hydroxylation is 2. The molecule has 178 valence electrons. The van der Waals surface area contributed by atoms with Gasteiger partial charge in [0.15, 0.2) is 0 Å². The van der Waals surface area contributed by atoms with Crippen LogP contribution in [0.25, 0.3) is 0 Å². The lowest BCUT2D eigenvalue weighted by atomic mass is 10.1. The van der Waals surface area contributed by atoms with E-state index in [1.54, 1.807) is 31.8 Å². The first-order valence-corrected chi connectivity index (χ1v) is 12.4. The Labute approximate surface area is 200 Å². The van der Waals surface area contributed by atoms with Crippen molar-refractivity contribution in [3.8, 4) is 0 Å². The third-order valence-corrected chi connectivity index (χ3v) is 6.65. The minimum atomic E-state index is -3.90. The molecule has 2 aromatic carbocycles. The highest BCUT2D eigenvalue weighted by Crippen LogP contribution is 2.17. The number of aromatic nitrogens is 2. The molecule has 0 bridgehead atoms. The van der Waals surface area contributed by atoms with Crippen molar-refractivity contribution in [2.45, 2.75) is 43.4 Å². The highest BCUT2D eigenvalue weighted by molar-refractivity contribution is 7.86. The van der Waals surface area contributed by atoms with Gasteiger partial charge in [-0.1, -0.05) is 41.4 Å². The van der Waals surface area contributed by atoms with Crippen molar-refractivity contribution in [1.29, 1.82) is 0 Å². The average molecular weight is 493 g/mol. The van der Waals surface area contributed by atoms with Crippen LogP contribution in [0, 0.1) is 6.92 Å². The summed E-state index contributed by atoms with van der Waals surface area (Å²) in [5.74, 6) is 0. The monoisotopic (exact) mass is 492 g/mol. The van der Waals surface area contributed by atoms with Crippen molar-refractivity contribution in [2.24, 2.45) is 0 Å². The summed E-state index contributed by atoms with van der Waals surface area (Å²) < 4.78 is 44.0. The molecule has 0 amide bonds. The van der Waals surface area contributed by atoms with Crippen LogP contribution in [0.4, 0.5) is 0 Å². The molecule has 2 atom stereocenters. The van der Waals surface area contributed by atoms with E-state index in [0.717, 1.165) is 17.5 Å². The Bertz CT molecular complexity index is 1070. The predicted molar refractivity (Wildman–Crippen MR) is 127 cm³/mol. The van der Waals surface area contributed by atoms with Crippen molar-refractivity contribution in [1.82, 2.24) is 9.55 Å². The second kappa shape index (κ2) is 12.3. The molecule has 0 unspecified atom stereocenters. The number of ether oxygens (including phenoxy) is 2. The van der Waals surface area contributed by atoms with Crippen molar-refractivity contribution in [3.63, 3.8) is 0 Å². The maximum atomic E-state index is 12.6. The molecular formula is C24H29ClN2O5S. The minimum absolute atomic E-state index is 0.113. The summed E-state index contributed by atoms with van der Waals surface area (Å²) in [6, 6.07) is 14.2. The third-order valence-electron chi connectivity index (χ3n) is 5.10. The molecule has 0 saturated carbocycles. The fraction of sp³-hybridized carbons (Fsp3) is 0.375. The Morgan fingerprint density at radius 3 is 2.39 bits per heavy atom. The molecule has 0 radical (unpaired) electrons. The lowest BCUT2D eigenvalue weighted by molar-refractivity contribution is -0.0731. The van der Waals surface area contributed by atoms with Gasteiger partial charge in [0.25, 0.3) is 10.1 Å². The topological polar surface area (TPSA) is 79.6 Å². The van der Waals surface area contributed by atoms with Gasteiger partial charge >= 0.3 is 0 Å². The maximum absolute atomic E-state index is 12.6. The molecule has 1 heterocycles. The third kappa shape index (κ3) is 8.24. The van der Waals surface area contributed by atoms with Gasteiger partial charge in [-0.3, -0.25) is 4.18 Å². The van der Waals surface area contributed by atoms with Gasteiger partial charge in [-0.2, -0.15) is 8.42 Å². The van der Waals surface area contributed by atoms with Gasteiger partial charge in [0, 0.05) is 31.1 Å². The van der Waals surface area contributed by atoms with Crippen LogP contribution in [0.3, 0.4) is 0 Å². The Balaban J connectivity index is 1.65. The molecular weight excluding hydrogens is 464 g/mol. The lowest BCUT2D eigenvalue weighted by Gasteiger charge is -2.25. The zero-order valence-electron chi connectivity index (χ0n) is 18.8. The second-order valence-electron chi connectivity index (χ2n) is 7.81. The zero-order chi connectivity index (χ0) is 23.7. The van der Waals surface area contributed by atoms with Crippen LogP contribution in [-0.4, -0.2) is 50.5 Å². The molecule has 7 nitrogen and oxygen atoms in total. The fourth-order valence-corrected chi connectivity index (χ4v) is 4.40. The number of benzene rings is 2. The standard InChI is InChI=1S/C24H29ClN2O5S/c1-19-3-11-24(12-4-19)33(28,29)31-17-23(16-30-2)32-22(15-27-14-13-26-18-27)10-7-20-5-8-21(25)9-6-20/h3-6,8-9,11-14,18,22-23H,7,10,15-17H2,1-2H3/t22-,23+/m0/s1. The van der Waals surface area contributed by atoms with Gasteiger partial charge in [0.1, 0.15) is 6.10 Å². The van der Waals surface area contributed by atoms with E-state index in [2.05, 4.69) is 4.98 Å². The molecule has 0 aliphatic rings. The normalized spacial score (nSPS) is 13.7. The molecule has 3 aromatic rings. The summed E-state index contributed by atoms with van der Waals surface area (Å²) >= 11 is 5.98. The molecule has 0 saturated heterocycles. The van der Waals surface area contributed by atoms with Gasteiger partial charge in [-0.15, -0.1) is 0 Å². The first-order chi connectivity index (χ1) is 15.9. The summed E-state index contributed by atoms with van der Waals surface area (Å²) in [6.45, 7) is 2.51. The number of methoxy groups -OCH3 is 1. The number of hydrogen-bond donors (Lipinski definition) is 0. The van der Waals surface area contributed by atoms with Crippen LogP contribution in [0.1, 0.15) is 17.5 Å². The Hall–Kier alpha value is -2.23. The molecule has 1 aromatic heterocycles. The Morgan fingerprint density at radius 2 is 1.76 bits per heavy atom. The molecule has 0 aliphatic heterocycles. The zero-order valence-corrected chi connectivity index (χ0v) is 20.3. The molecule has 33 heavy (non-hydrogen) atoms. The van der Waals surface area contributed by atoms with Crippen molar-refractivity contribution in [3.05, 3.63) is 83.4 Å². The van der Waals surface area contributed by atoms with Gasteiger partial charge in [-0.05, 0) is 49.6 Å². The van der Waals surface area contributed by atoms with Gasteiger partial charge in [0.2, 0.25) is 0 Å². The quantitative estimate of drug-likeness (QED) is 0.331. The lowest BCUT2D eigenvalue weighted by Crippen LogP contribution is -2.33. The van der Waals surface area contributed by atoms with E-state index in [4.69, 9.17) is 25.3 Å². The molecule has 3 rings (SSSR count). The predicted octanol–water partition coefficient (Wildman–Crippen LogP) is 4.28. The summed E-state index contributed by atoms with van der Waals surface area (Å²) in [6.07, 6.45) is 6.02. The maximum Gasteiger partial charge on any atom is 0.297 e. The van der Waals surface area contributed by atoms with Crippen LogP contribution < -0.4 is 0 Å². The Kier molecular flexibility index (Phi) is 9.46. The van der Waals surface area contributed by atoms with E-state index < -0.39 is 16.2 Å². The van der Waals surface area contributed by atoms with E-state index in [-0.39, 0.29) is 24.2 Å². The molecule has 0 N–H and O–H groups in total. The van der Waals surface area contributed by atoms with Crippen LogP contribution in [-0.2, 0) is 36.7 Å². The highest BCUT2D eigenvalue weighted by atomic mass is 35.5. The van der Waals surface area contributed by atoms with Crippen molar-refractivity contribution in [2.75, 3.05) is 20.3 Å². The molecule has 0 aliphatic carbocycles. The summed E-state index contributed by atoms with van der Waals surface area (Å²) in [4.78, 5) is 4.20. The van der Waals surface area contributed by atoms with Gasteiger partial charge < -0.3 is 14.0 Å². The molecule has 0 spiro atoms. The number of imidazole rings is 1. The van der Waals surface area contributed by atoms with Gasteiger partial charge in [-0.25, -0.2) is 4.98 Å². The van der Waals surface area contributed by atoms with E-state index in [1.165, 1.54) is 12.1 Å². The fourth-order valence-electron chi connectivity index (χ4n) is 3.33. The first-order valence-electron chi connectivity index (χ1n) is 10.7. The Morgan fingerprint density at radius 1 is 1.03 bits per heavy atom. The van der Waals surface area contributed by atoms with Crippen LogP contribution in [0.5, 0.6) is 0 Å².